The van der Waals surface area contributed by atoms with Gasteiger partial charge in [-0.15, -0.1) is 0 Å². The van der Waals surface area contributed by atoms with E-state index in [0.29, 0.717) is 4.48 Å². The Morgan fingerprint density at radius 1 is 0.875 bits per heavy atom. The molecule has 0 aliphatic rings. The Morgan fingerprint density at radius 2 is 1.25 bits per heavy atom. The molecule has 4 N–H and O–H groups in total. The van der Waals surface area contributed by atoms with Gasteiger partial charge in [0, 0.05) is 0 Å². The highest BCUT2D eigenvalue weighted by atomic mass is 16.7. The molecular formula is C10H26N2O4+2. The summed E-state index contributed by atoms with van der Waals surface area (Å²) < 4.78 is 0.449. The molecule has 0 bridgehead atoms. The van der Waals surface area contributed by atoms with Gasteiger partial charge in [-0.05, 0) is 0 Å². The highest BCUT2D eigenvalue weighted by molar-refractivity contribution is 4.76. The zero-order valence-electron chi connectivity index (χ0n) is 11.0. The molecule has 0 fully saturated rings. The van der Waals surface area contributed by atoms with Crippen LogP contribution in [-0.4, -0.2) is 96.3 Å². The monoisotopic (exact) mass is 238 g/mol. The minimum atomic E-state index is -2.82. The molecular weight excluding hydrogens is 212 g/mol. The lowest BCUT2D eigenvalue weighted by molar-refractivity contribution is -0.977. The maximum atomic E-state index is 9.45. The van der Waals surface area contributed by atoms with Crippen molar-refractivity contribution in [3.8, 4) is 0 Å². The molecule has 0 aliphatic heterocycles. The van der Waals surface area contributed by atoms with E-state index in [1.54, 1.807) is 21.1 Å². The molecule has 0 radical (unpaired) electrons. The number of hydrogen-bond donors (Lipinski definition) is 4. The van der Waals surface area contributed by atoms with Crippen LogP contribution in [0, 0.1) is 0 Å². The number of likely N-dealkylation sites (N-methyl/N-ethyl adjacent to an activating group) is 2. The average Bonchev–Trinajstić information content (AvgIpc) is 1.91. The van der Waals surface area contributed by atoms with E-state index in [4.69, 9.17) is 0 Å². The van der Waals surface area contributed by atoms with Crippen LogP contribution in [0.2, 0.25) is 0 Å². The van der Waals surface area contributed by atoms with Gasteiger partial charge in [0.15, 0.2) is 6.04 Å². The fourth-order valence-electron chi connectivity index (χ4n) is 2.06. The Labute approximate surface area is 97.1 Å². The fraction of sp³-hybridized carbons (Fsp3) is 1.00. The number of nitrogens with zero attached hydrogens (tertiary/aromatic N) is 2. The van der Waals surface area contributed by atoms with Gasteiger partial charge < -0.3 is 29.4 Å². The second kappa shape index (κ2) is 4.56. The van der Waals surface area contributed by atoms with Crippen molar-refractivity contribution in [1.82, 2.24) is 0 Å². The third-order valence-corrected chi connectivity index (χ3v) is 2.78. The molecule has 2 atom stereocenters. The zero-order valence-corrected chi connectivity index (χ0v) is 11.0. The Kier molecular flexibility index (Phi) is 4.49. The van der Waals surface area contributed by atoms with Crippen LogP contribution in [0.5, 0.6) is 0 Å². The van der Waals surface area contributed by atoms with Crippen molar-refractivity contribution in [3.05, 3.63) is 0 Å². The largest absolute Gasteiger partial charge is 0.390 e. The Hall–Kier alpha value is -0.240. The molecule has 0 aromatic heterocycles. The van der Waals surface area contributed by atoms with Crippen molar-refractivity contribution in [2.24, 2.45) is 0 Å². The summed E-state index contributed by atoms with van der Waals surface area (Å²) in [4.78, 5) is 0. The first kappa shape index (κ1) is 15.8. The molecule has 0 saturated carbocycles. The molecule has 0 saturated heterocycles. The predicted octanol–water partition coefficient (Wildman–Crippen LogP) is -2.24. The SMILES string of the molecule is C[N+](C)(C)[C@H](CO)[C@@H](C(O)(O)O)[N+](C)(C)C. The van der Waals surface area contributed by atoms with Gasteiger partial charge in [0.25, 0.3) is 0 Å². The fourth-order valence-corrected chi connectivity index (χ4v) is 2.06. The van der Waals surface area contributed by atoms with Crippen molar-refractivity contribution in [2.75, 3.05) is 48.9 Å². The molecule has 0 aliphatic carbocycles. The summed E-state index contributed by atoms with van der Waals surface area (Å²) in [5.74, 6) is -2.82. The average molecular weight is 238 g/mol. The van der Waals surface area contributed by atoms with Crippen LogP contribution in [0.1, 0.15) is 0 Å². The highest BCUT2D eigenvalue weighted by Crippen LogP contribution is 2.23. The Bertz CT molecular complexity index is 210. The third kappa shape index (κ3) is 3.97. The van der Waals surface area contributed by atoms with Gasteiger partial charge in [-0.1, -0.05) is 0 Å². The van der Waals surface area contributed by atoms with Crippen LogP contribution in [0.25, 0.3) is 0 Å². The van der Waals surface area contributed by atoms with E-state index in [-0.39, 0.29) is 11.1 Å². The predicted molar refractivity (Wildman–Crippen MR) is 60.1 cm³/mol. The van der Waals surface area contributed by atoms with Crippen LogP contribution < -0.4 is 0 Å². The Morgan fingerprint density at radius 3 is 1.31 bits per heavy atom. The van der Waals surface area contributed by atoms with Gasteiger partial charge in [0.05, 0.1) is 42.3 Å². The van der Waals surface area contributed by atoms with Crippen LogP contribution in [0.4, 0.5) is 0 Å². The first-order chi connectivity index (χ1) is 6.81. The summed E-state index contributed by atoms with van der Waals surface area (Å²) in [5.41, 5.74) is 0. The summed E-state index contributed by atoms with van der Waals surface area (Å²) in [6, 6.07) is -1.42. The van der Waals surface area contributed by atoms with Crippen LogP contribution in [0.15, 0.2) is 0 Å². The molecule has 0 aromatic rings. The van der Waals surface area contributed by atoms with Gasteiger partial charge in [-0.3, -0.25) is 0 Å². The lowest BCUT2D eigenvalue weighted by Crippen LogP contribution is -2.71. The van der Waals surface area contributed by atoms with Gasteiger partial charge in [-0.2, -0.15) is 0 Å². The minimum absolute atomic E-state index is 0.129. The number of aliphatic hydroxyl groups excluding tert-OH is 1. The molecule has 0 unspecified atom stereocenters. The van der Waals surface area contributed by atoms with Crippen LogP contribution in [-0.2, 0) is 0 Å². The normalized spacial score (nSPS) is 18.4. The first-order valence-corrected chi connectivity index (χ1v) is 5.22. The van der Waals surface area contributed by atoms with E-state index in [9.17, 15) is 20.4 Å². The van der Waals surface area contributed by atoms with Crippen LogP contribution >= 0.6 is 0 Å². The van der Waals surface area contributed by atoms with E-state index >= 15 is 0 Å². The first-order valence-electron chi connectivity index (χ1n) is 5.22. The van der Waals surface area contributed by atoms with Gasteiger partial charge >= 0.3 is 5.97 Å². The quantitative estimate of drug-likeness (QED) is 0.322. The summed E-state index contributed by atoms with van der Waals surface area (Å²) in [7, 11) is 10.7. The van der Waals surface area contributed by atoms with E-state index in [1.807, 2.05) is 21.1 Å². The molecule has 0 aromatic carbocycles. The summed E-state index contributed by atoms with van der Waals surface area (Å²) in [6.45, 7) is -0.243. The number of hydrogen-bond acceptors (Lipinski definition) is 4. The minimum Gasteiger partial charge on any atom is -0.390 e. The Balaban J connectivity index is 5.35. The van der Waals surface area contributed by atoms with Crippen molar-refractivity contribution in [1.29, 1.82) is 0 Å². The summed E-state index contributed by atoms with van der Waals surface area (Å²) in [6.07, 6.45) is 0. The molecule has 6 heteroatoms. The number of aliphatic hydroxyl groups is 4. The highest BCUT2D eigenvalue weighted by Gasteiger charge is 2.53. The van der Waals surface area contributed by atoms with Crippen molar-refractivity contribution in [2.45, 2.75) is 18.1 Å². The smallest absolute Gasteiger partial charge is 0.337 e. The van der Waals surface area contributed by atoms with Crippen molar-refractivity contribution >= 4 is 0 Å². The van der Waals surface area contributed by atoms with E-state index < -0.39 is 18.1 Å². The van der Waals surface area contributed by atoms with Crippen molar-refractivity contribution < 1.29 is 29.4 Å². The van der Waals surface area contributed by atoms with Crippen molar-refractivity contribution in [3.63, 3.8) is 0 Å². The molecule has 98 valence electrons. The summed E-state index contributed by atoms with van der Waals surface area (Å²) in [5, 5.41) is 37.8. The maximum absolute atomic E-state index is 9.45. The molecule has 6 nitrogen and oxygen atoms in total. The van der Waals surface area contributed by atoms with E-state index in [1.165, 1.54) is 0 Å². The van der Waals surface area contributed by atoms with E-state index in [0.717, 1.165) is 0 Å². The molecule has 16 heavy (non-hydrogen) atoms. The molecule has 0 amide bonds. The molecule has 0 spiro atoms. The van der Waals surface area contributed by atoms with E-state index in [2.05, 4.69) is 0 Å². The standard InChI is InChI=1S/C10H26N2O4/c1-11(2,3)8(7-13)9(10(14,15)16)12(4,5)6/h8-9,13-16H,7H2,1-6H3/q+2/t8-,9+/m1/s1. The second-order valence-corrected chi connectivity index (χ2v) is 6.11. The topological polar surface area (TPSA) is 80.9 Å². The number of rotatable bonds is 5. The van der Waals surface area contributed by atoms with Gasteiger partial charge in [-0.25, -0.2) is 0 Å². The lowest BCUT2D eigenvalue weighted by atomic mass is 10.0. The molecule has 0 rings (SSSR count). The zero-order chi connectivity index (χ0) is 13.4. The molecule has 0 heterocycles. The maximum Gasteiger partial charge on any atom is 0.337 e. The van der Waals surface area contributed by atoms with Gasteiger partial charge in [0.2, 0.25) is 6.04 Å². The summed E-state index contributed by atoms with van der Waals surface area (Å²) >= 11 is 0. The third-order valence-electron chi connectivity index (χ3n) is 2.78. The number of quaternary nitrogens is 2. The van der Waals surface area contributed by atoms with Crippen LogP contribution in [0.3, 0.4) is 0 Å². The van der Waals surface area contributed by atoms with Gasteiger partial charge in [0.1, 0.15) is 6.61 Å². The lowest BCUT2D eigenvalue weighted by Gasteiger charge is -2.46. The second-order valence-electron chi connectivity index (χ2n) is 6.11.